The Balaban J connectivity index is 1.73. The van der Waals surface area contributed by atoms with Crippen molar-refractivity contribution in [3.8, 4) is 5.69 Å². The predicted octanol–water partition coefficient (Wildman–Crippen LogP) is 4.16. The van der Waals surface area contributed by atoms with Gasteiger partial charge in [-0.2, -0.15) is 4.68 Å². The minimum Gasteiger partial charge on any atom is -0.373 e. The number of nitrogens with one attached hydrogen (secondary N) is 1. The molecule has 0 unspecified atom stereocenters. The fraction of sp³-hybridized carbons (Fsp3) is 0.350. The maximum atomic E-state index is 4.42. The second-order valence-electron chi connectivity index (χ2n) is 7.03. The zero-order valence-corrected chi connectivity index (χ0v) is 14.7. The van der Waals surface area contributed by atoms with Gasteiger partial charge in [-0.05, 0) is 61.4 Å². The van der Waals surface area contributed by atoms with Crippen LogP contribution in [0.4, 0.5) is 5.69 Å². The van der Waals surface area contributed by atoms with Gasteiger partial charge in [0.2, 0.25) is 0 Å². The number of hydrogen-bond donors (Lipinski definition) is 1. The molecule has 2 aromatic carbocycles. The molecule has 1 heterocycles. The summed E-state index contributed by atoms with van der Waals surface area (Å²) in [4.78, 5) is 0. The van der Waals surface area contributed by atoms with Gasteiger partial charge in [-0.15, -0.1) is 5.10 Å². The van der Waals surface area contributed by atoms with Crippen molar-refractivity contribution in [1.82, 2.24) is 20.2 Å². The highest BCUT2D eigenvalue weighted by Crippen LogP contribution is 2.41. The minimum atomic E-state index is -0.219. The van der Waals surface area contributed by atoms with Crippen LogP contribution >= 0.6 is 0 Å². The normalized spacial score (nSPS) is 16.1. The zero-order valence-electron chi connectivity index (χ0n) is 14.7. The Labute approximate surface area is 148 Å². The maximum absolute atomic E-state index is 4.42. The van der Waals surface area contributed by atoms with Crippen molar-refractivity contribution >= 4 is 5.69 Å². The topological polar surface area (TPSA) is 55.6 Å². The lowest BCUT2D eigenvalue weighted by atomic mass is 9.95. The first-order chi connectivity index (χ1) is 12.2. The molecule has 0 radical (unpaired) electrons. The zero-order chi connectivity index (χ0) is 17.3. The monoisotopic (exact) mass is 333 g/mol. The van der Waals surface area contributed by atoms with Crippen LogP contribution in [0, 0.1) is 13.8 Å². The van der Waals surface area contributed by atoms with E-state index >= 15 is 0 Å². The van der Waals surface area contributed by atoms with Gasteiger partial charge in [0, 0.05) is 5.69 Å². The first-order valence-electron chi connectivity index (χ1n) is 8.87. The van der Waals surface area contributed by atoms with Crippen LogP contribution in [0.1, 0.15) is 42.6 Å². The summed E-state index contributed by atoms with van der Waals surface area (Å²) in [5, 5.41) is 16.4. The van der Waals surface area contributed by atoms with Crippen LogP contribution < -0.4 is 5.32 Å². The summed E-state index contributed by atoms with van der Waals surface area (Å²) in [6.07, 6.45) is 4.43. The second-order valence-corrected chi connectivity index (χ2v) is 7.03. The highest BCUT2D eigenvalue weighted by atomic mass is 15.6. The van der Waals surface area contributed by atoms with Gasteiger partial charge in [-0.25, -0.2) is 0 Å². The molecule has 1 saturated carbocycles. The molecule has 0 amide bonds. The molecule has 0 spiro atoms. The summed E-state index contributed by atoms with van der Waals surface area (Å²) < 4.78 is 1.88. The van der Waals surface area contributed by atoms with Gasteiger partial charge in [-0.1, -0.05) is 48.2 Å². The largest absolute Gasteiger partial charge is 0.373 e. The van der Waals surface area contributed by atoms with Crippen LogP contribution in [0.3, 0.4) is 0 Å². The first-order valence-corrected chi connectivity index (χ1v) is 8.87. The number of aryl methyl sites for hydroxylation is 2. The molecule has 128 valence electrons. The van der Waals surface area contributed by atoms with Crippen molar-refractivity contribution < 1.29 is 0 Å². The van der Waals surface area contributed by atoms with E-state index in [0.29, 0.717) is 0 Å². The van der Waals surface area contributed by atoms with Crippen LogP contribution in [-0.4, -0.2) is 20.2 Å². The lowest BCUT2D eigenvalue weighted by molar-refractivity contribution is 0.461. The Morgan fingerprint density at radius 1 is 0.880 bits per heavy atom. The van der Waals surface area contributed by atoms with Crippen LogP contribution in [0.15, 0.2) is 48.5 Å². The van der Waals surface area contributed by atoms with E-state index in [1.54, 1.807) is 0 Å². The summed E-state index contributed by atoms with van der Waals surface area (Å²) in [6.45, 7) is 4.19. The number of anilines is 1. The van der Waals surface area contributed by atoms with Gasteiger partial charge < -0.3 is 5.32 Å². The highest BCUT2D eigenvalue weighted by Gasteiger charge is 2.40. The van der Waals surface area contributed by atoms with Crippen molar-refractivity contribution in [3.05, 3.63) is 65.5 Å². The Morgan fingerprint density at radius 2 is 1.48 bits per heavy atom. The molecule has 1 fully saturated rings. The van der Waals surface area contributed by atoms with E-state index in [4.69, 9.17) is 0 Å². The molecule has 0 saturated heterocycles. The van der Waals surface area contributed by atoms with Crippen LogP contribution in [0.25, 0.3) is 5.69 Å². The van der Waals surface area contributed by atoms with Gasteiger partial charge in [0.1, 0.15) is 0 Å². The number of nitrogens with zero attached hydrogens (tertiary/aromatic N) is 4. The van der Waals surface area contributed by atoms with Gasteiger partial charge in [0.05, 0.1) is 11.2 Å². The van der Waals surface area contributed by atoms with Crippen LogP contribution in [0.2, 0.25) is 0 Å². The number of benzene rings is 2. The first kappa shape index (κ1) is 15.8. The lowest BCUT2D eigenvalue weighted by Gasteiger charge is -2.30. The van der Waals surface area contributed by atoms with Crippen molar-refractivity contribution in [2.45, 2.75) is 45.1 Å². The quantitative estimate of drug-likeness (QED) is 0.779. The fourth-order valence-corrected chi connectivity index (χ4v) is 3.64. The van der Waals surface area contributed by atoms with Crippen LogP contribution in [-0.2, 0) is 5.54 Å². The maximum Gasteiger partial charge on any atom is 0.181 e. The van der Waals surface area contributed by atoms with Crippen molar-refractivity contribution in [2.75, 3.05) is 5.32 Å². The molecule has 0 bridgehead atoms. The number of tetrazole rings is 1. The number of rotatable bonds is 4. The third kappa shape index (κ3) is 3.02. The number of hydrogen-bond acceptors (Lipinski definition) is 4. The Hall–Kier alpha value is -2.69. The van der Waals surface area contributed by atoms with Gasteiger partial charge in [-0.3, -0.25) is 0 Å². The van der Waals surface area contributed by atoms with E-state index in [-0.39, 0.29) is 5.54 Å². The molecular formula is C20H23N5. The van der Waals surface area contributed by atoms with Crippen molar-refractivity contribution in [3.63, 3.8) is 0 Å². The van der Waals surface area contributed by atoms with E-state index in [0.717, 1.165) is 30.0 Å². The molecule has 5 nitrogen and oxygen atoms in total. The third-order valence-corrected chi connectivity index (χ3v) is 5.07. The summed E-state index contributed by atoms with van der Waals surface area (Å²) in [5.41, 5.74) is 4.39. The number of aromatic nitrogens is 4. The van der Waals surface area contributed by atoms with E-state index in [1.807, 2.05) is 4.68 Å². The molecule has 3 aromatic rings. The molecule has 1 aliphatic rings. The highest BCUT2D eigenvalue weighted by molar-refractivity contribution is 5.48. The second kappa shape index (κ2) is 6.31. The van der Waals surface area contributed by atoms with Gasteiger partial charge in [0.25, 0.3) is 0 Å². The van der Waals surface area contributed by atoms with Gasteiger partial charge in [0.15, 0.2) is 5.82 Å². The summed E-state index contributed by atoms with van der Waals surface area (Å²) in [7, 11) is 0. The smallest absolute Gasteiger partial charge is 0.181 e. The van der Waals surface area contributed by atoms with Crippen molar-refractivity contribution in [2.24, 2.45) is 0 Å². The third-order valence-electron chi connectivity index (χ3n) is 5.07. The standard InChI is InChI=1S/C20H23N5/c1-15-5-9-17(10-6-15)21-20(13-3-4-14-20)19-22-23-24-25(19)18-11-7-16(2)8-12-18/h5-12,21H,3-4,13-14H2,1-2H3. The molecular weight excluding hydrogens is 310 g/mol. The Bertz CT molecular complexity index is 843. The summed E-state index contributed by atoms with van der Waals surface area (Å²) >= 11 is 0. The van der Waals surface area contributed by atoms with E-state index in [1.165, 1.54) is 24.0 Å². The van der Waals surface area contributed by atoms with Gasteiger partial charge >= 0.3 is 0 Å². The molecule has 25 heavy (non-hydrogen) atoms. The molecule has 0 atom stereocenters. The fourth-order valence-electron chi connectivity index (χ4n) is 3.64. The Morgan fingerprint density at radius 3 is 2.12 bits per heavy atom. The Kier molecular flexibility index (Phi) is 3.99. The van der Waals surface area contributed by atoms with E-state index < -0.39 is 0 Å². The summed E-state index contributed by atoms with van der Waals surface area (Å²) in [6, 6.07) is 16.9. The SMILES string of the molecule is Cc1ccc(NC2(c3nnnn3-c3ccc(C)cc3)CCCC2)cc1. The average molecular weight is 333 g/mol. The van der Waals surface area contributed by atoms with E-state index in [9.17, 15) is 0 Å². The molecule has 0 aliphatic heterocycles. The molecule has 5 heteroatoms. The van der Waals surface area contributed by atoms with Crippen molar-refractivity contribution in [1.29, 1.82) is 0 Å². The van der Waals surface area contributed by atoms with Crippen LogP contribution in [0.5, 0.6) is 0 Å². The molecule has 1 N–H and O–H groups in total. The average Bonchev–Trinajstić information content (AvgIpc) is 3.28. The lowest BCUT2D eigenvalue weighted by Crippen LogP contribution is -2.35. The predicted molar refractivity (Wildman–Crippen MR) is 98.8 cm³/mol. The minimum absolute atomic E-state index is 0.219. The molecule has 1 aromatic heterocycles. The molecule has 4 rings (SSSR count). The van der Waals surface area contributed by atoms with E-state index in [2.05, 4.69) is 83.2 Å². The summed E-state index contributed by atoms with van der Waals surface area (Å²) in [5.74, 6) is 0.898. The molecule has 1 aliphatic carbocycles.